The molecule has 4 unspecified atom stereocenters. The molecule has 0 aromatic rings. The normalized spacial score (nSPS) is 32.2. The van der Waals surface area contributed by atoms with E-state index in [-0.39, 0.29) is 6.61 Å². The van der Waals surface area contributed by atoms with Gasteiger partial charge in [-0.3, -0.25) is 0 Å². The molecule has 0 bridgehead atoms. The summed E-state index contributed by atoms with van der Waals surface area (Å²) >= 11 is 1.75. The van der Waals surface area contributed by atoms with Gasteiger partial charge in [0.1, 0.15) is 0 Å². The van der Waals surface area contributed by atoms with Crippen molar-refractivity contribution in [1.82, 2.24) is 5.32 Å². The molecular weight excluding hydrogens is 258 g/mol. The molecule has 0 heterocycles. The van der Waals surface area contributed by atoms with E-state index in [1.807, 2.05) is 0 Å². The number of hydrogen-bond donors (Lipinski definition) is 2. The smallest absolute Gasteiger partial charge is 0.0661 e. The van der Waals surface area contributed by atoms with Gasteiger partial charge < -0.3 is 15.2 Å². The summed E-state index contributed by atoms with van der Waals surface area (Å²) in [6, 6.07) is 0.952. The highest BCUT2D eigenvalue weighted by molar-refractivity contribution is 7.99. The van der Waals surface area contributed by atoms with Gasteiger partial charge in [0.2, 0.25) is 0 Å². The second-order valence-electron chi connectivity index (χ2n) is 6.08. The van der Waals surface area contributed by atoms with E-state index < -0.39 is 0 Å². The Morgan fingerprint density at radius 3 is 2.63 bits per heavy atom. The van der Waals surface area contributed by atoms with Crippen LogP contribution in [0.5, 0.6) is 0 Å². The average molecular weight is 287 g/mol. The number of rotatable bonds is 7. The Morgan fingerprint density at radius 2 is 2.11 bits per heavy atom. The van der Waals surface area contributed by atoms with Gasteiger partial charge in [0, 0.05) is 29.4 Å². The van der Waals surface area contributed by atoms with Crippen LogP contribution < -0.4 is 5.32 Å². The van der Waals surface area contributed by atoms with Crippen molar-refractivity contribution in [3.8, 4) is 0 Å². The minimum atomic E-state index is 0.254. The summed E-state index contributed by atoms with van der Waals surface area (Å²) < 4.78 is 5.95. The second-order valence-corrected chi connectivity index (χ2v) is 7.16. The third kappa shape index (κ3) is 2.97. The maximum atomic E-state index is 9.41. The third-order valence-corrected chi connectivity index (χ3v) is 6.35. The largest absolute Gasteiger partial charge is 0.395 e. The van der Waals surface area contributed by atoms with E-state index in [9.17, 15) is 5.11 Å². The lowest BCUT2D eigenvalue weighted by molar-refractivity contribution is -0.132. The van der Waals surface area contributed by atoms with Gasteiger partial charge in [0.25, 0.3) is 0 Å². The van der Waals surface area contributed by atoms with E-state index in [0.717, 1.165) is 13.0 Å². The highest BCUT2D eigenvalue weighted by Gasteiger charge is 2.56. The minimum absolute atomic E-state index is 0.254. The molecule has 3 nitrogen and oxygen atoms in total. The van der Waals surface area contributed by atoms with E-state index >= 15 is 0 Å². The van der Waals surface area contributed by atoms with Gasteiger partial charge in [0.05, 0.1) is 12.7 Å². The maximum absolute atomic E-state index is 9.41. The molecule has 1 spiro atoms. The Hall–Kier alpha value is 0.230. The zero-order chi connectivity index (χ0) is 13.9. The van der Waals surface area contributed by atoms with Gasteiger partial charge in [-0.15, -0.1) is 0 Å². The Balaban J connectivity index is 1.94. The van der Waals surface area contributed by atoms with Crippen LogP contribution in [0.3, 0.4) is 0 Å². The fourth-order valence-corrected chi connectivity index (χ4v) is 4.62. The first-order chi connectivity index (χ1) is 9.17. The number of aliphatic hydroxyl groups is 1. The topological polar surface area (TPSA) is 41.5 Å². The average Bonchev–Trinajstić information content (AvgIpc) is 2.91. The predicted molar refractivity (Wildman–Crippen MR) is 81.7 cm³/mol. The summed E-state index contributed by atoms with van der Waals surface area (Å²) in [6.45, 7) is 5.39. The van der Waals surface area contributed by atoms with E-state index in [0.29, 0.717) is 28.9 Å². The van der Waals surface area contributed by atoms with Crippen molar-refractivity contribution < 1.29 is 9.84 Å². The van der Waals surface area contributed by atoms with Crippen molar-refractivity contribution in [2.45, 2.75) is 69.4 Å². The quantitative estimate of drug-likeness (QED) is 0.754. The second kappa shape index (κ2) is 6.79. The first-order valence-electron chi connectivity index (χ1n) is 7.69. The number of hydrogen-bond acceptors (Lipinski definition) is 4. The summed E-state index contributed by atoms with van der Waals surface area (Å²) in [6.07, 6.45) is 9.01. The third-order valence-electron chi connectivity index (χ3n) is 5.19. The van der Waals surface area contributed by atoms with Crippen molar-refractivity contribution in [3.63, 3.8) is 0 Å². The molecule has 2 N–H and O–H groups in total. The molecule has 4 atom stereocenters. The Bertz CT molecular complexity index is 277. The predicted octanol–water partition coefficient (Wildman–Crippen LogP) is 2.43. The van der Waals surface area contributed by atoms with Crippen molar-refractivity contribution in [3.05, 3.63) is 0 Å². The summed E-state index contributed by atoms with van der Waals surface area (Å²) in [5, 5.41) is 13.5. The van der Waals surface area contributed by atoms with Crippen LogP contribution in [0.25, 0.3) is 0 Å². The molecule has 112 valence electrons. The lowest BCUT2D eigenvalue weighted by Gasteiger charge is -2.55. The van der Waals surface area contributed by atoms with Crippen LogP contribution in [0.2, 0.25) is 0 Å². The summed E-state index contributed by atoms with van der Waals surface area (Å²) in [5.74, 6) is 0. The lowest BCUT2D eigenvalue weighted by Crippen LogP contribution is -2.65. The fourth-order valence-electron chi connectivity index (χ4n) is 3.98. The molecule has 2 aliphatic rings. The molecule has 2 rings (SSSR count). The van der Waals surface area contributed by atoms with Gasteiger partial charge in [-0.25, -0.2) is 0 Å². The highest BCUT2D eigenvalue weighted by atomic mass is 32.2. The van der Waals surface area contributed by atoms with Gasteiger partial charge in [0.15, 0.2) is 0 Å². The first kappa shape index (κ1) is 15.6. The van der Waals surface area contributed by atoms with Crippen molar-refractivity contribution in [2.24, 2.45) is 5.41 Å². The van der Waals surface area contributed by atoms with Gasteiger partial charge >= 0.3 is 0 Å². The SMILES string of the molecule is CCOC1CC(NC(C)C(CO)SC)C12CCCC2. The zero-order valence-electron chi connectivity index (χ0n) is 12.5. The number of thioether (sulfide) groups is 1. The number of nitrogens with one attached hydrogen (secondary N) is 1. The molecule has 0 saturated heterocycles. The molecular formula is C15H29NO2S. The molecule has 2 aliphatic carbocycles. The van der Waals surface area contributed by atoms with Crippen LogP contribution in [0.1, 0.15) is 46.0 Å². The van der Waals surface area contributed by atoms with E-state index in [1.54, 1.807) is 11.8 Å². The molecule has 0 amide bonds. The summed E-state index contributed by atoms with van der Waals surface area (Å²) in [5.41, 5.74) is 0.392. The van der Waals surface area contributed by atoms with Crippen LogP contribution in [-0.4, -0.2) is 48.0 Å². The summed E-state index contributed by atoms with van der Waals surface area (Å²) in [4.78, 5) is 0. The molecule has 19 heavy (non-hydrogen) atoms. The van der Waals surface area contributed by atoms with Gasteiger partial charge in [-0.1, -0.05) is 12.8 Å². The molecule has 2 saturated carbocycles. The lowest BCUT2D eigenvalue weighted by atomic mass is 9.60. The minimum Gasteiger partial charge on any atom is -0.395 e. The Kier molecular flexibility index (Phi) is 5.58. The van der Waals surface area contributed by atoms with Crippen LogP contribution in [0, 0.1) is 5.41 Å². The Labute approximate surface area is 121 Å². The van der Waals surface area contributed by atoms with Gasteiger partial charge in [-0.2, -0.15) is 11.8 Å². The van der Waals surface area contributed by atoms with E-state index in [2.05, 4.69) is 25.4 Å². The zero-order valence-corrected chi connectivity index (χ0v) is 13.3. The van der Waals surface area contributed by atoms with Crippen LogP contribution in [0.4, 0.5) is 0 Å². The van der Waals surface area contributed by atoms with E-state index in [4.69, 9.17) is 4.74 Å². The molecule has 4 heteroatoms. The maximum Gasteiger partial charge on any atom is 0.0661 e. The number of aliphatic hydroxyl groups excluding tert-OH is 1. The van der Waals surface area contributed by atoms with Crippen molar-refractivity contribution in [2.75, 3.05) is 19.5 Å². The first-order valence-corrected chi connectivity index (χ1v) is 8.98. The molecule has 2 fully saturated rings. The molecule has 0 radical (unpaired) electrons. The van der Waals surface area contributed by atoms with Gasteiger partial charge in [-0.05, 0) is 39.4 Å². The van der Waals surface area contributed by atoms with Crippen LogP contribution in [-0.2, 0) is 4.74 Å². The van der Waals surface area contributed by atoms with Crippen molar-refractivity contribution >= 4 is 11.8 Å². The van der Waals surface area contributed by atoms with E-state index in [1.165, 1.54) is 25.7 Å². The number of ether oxygens (including phenoxy) is 1. The summed E-state index contributed by atoms with van der Waals surface area (Å²) in [7, 11) is 0. The van der Waals surface area contributed by atoms with Crippen LogP contribution in [0.15, 0.2) is 0 Å². The monoisotopic (exact) mass is 287 g/mol. The van der Waals surface area contributed by atoms with Crippen molar-refractivity contribution in [1.29, 1.82) is 0 Å². The van der Waals surface area contributed by atoms with Crippen LogP contribution >= 0.6 is 11.8 Å². The molecule has 0 aliphatic heterocycles. The molecule has 0 aromatic heterocycles. The standard InChI is InChI=1S/C15H29NO2S/c1-4-18-14-9-13(15(14)7-5-6-8-15)16-11(2)12(10-17)19-3/h11-14,16-17H,4-10H2,1-3H3. The highest BCUT2D eigenvalue weighted by Crippen LogP contribution is 2.54. The molecule has 0 aromatic carbocycles. The Morgan fingerprint density at radius 1 is 1.42 bits per heavy atom. The fraction of sp³-hybridized carbons (Fsp3) is 1.00.